The van der Waals surface area contributed by atoms with E-state index in [1.54, 1.807) is 25.7 Å². The maximum Gasteiger partial charge on any atom is 0.408 e. The highest BCUT2D eigenvalue weighted by atomic mass is 16.7. The molecule has 3 amide bonds. The molecule has 33 heavy (non-hydrogen) atoms. The van der Waals surface area contributed by atoms with Gasteiger partial charge in [-0.15, -0.1) is 10.2 Å². The third-order valence-electron chi connectivity index (χ3n) is 5.45. The van der Waals surface area contributed by atoms with E-state index in [1.165, 1.54) is 5.06 Å². The lowest BCUT2D eigenvalue weighted by Gasteiger charge is -2.27. The number of alkyl carbamates (subject to hydrolysis) is 1. The van der Waals surface area contributed by atoms with Gasteiger partial charge in [-0.3, -0.25) is 4.84 Å². The van der Waals surface area contributed by atoms with Crippen LogP contribution in [-0.2, 0) is 16.2 Å². The molecule has 2 unspecified atom stereocenters. The summed E-state index contributed by atoms with van der Waals surface area (Å²) in [6, 6.07) is 8.05. The van der Waals surface area contributed by atoms with Gasteiger partial charge in [0, 0.05) is 6.54 Å². The van der Waals surface area contributed by atoms with Crippen LogP contribution in [0.3, 0.4) is 0 Å². The summed E-state index contributed by atoms with van der Waals surface area (Å²) in [5.41, 5.74) is 0.292. The van der Waals surface area contributed by atoms with E-state index in [0.717, 1.165) is 12.0 Å². The first-order valence-electron chi connectivity index (χ1n) is 11.0. The van der Waals surface area contributed by atoms with Crippen molar-refractivity contribution >= 4 is 12.1 Å². The molecule has 4 rings (SSSR count). The molecule has 1 aromatic heterocycles. The van der Waals surface area contributed by atoms with Crippen LogP contribution in [0.25, 0.3) is 0 Å². The molecular formula is C22H29N5O6. The predicted molar refractivity (Wildman–Crippen MR) is 114 cm³/mol. The average molecular weight is 460 g/mol. The monoisotopic (exact) mass is 459 g/mol. The number of urea groups is 1. The van der Waals surface area contributed by atoms with Crippen molar-refractivity contribution in [1.82, 2.24) is 25.5 Å². The fraction of sp³-hybridized carbons (Fsp3) is 0.545. The molecule has 2 saturated heterocycles. The Morgan fingerprint density at radius 1 is 1.27 bits per heavy atom. The first-order valence-corrected chi connectivity index (χ1v) is 11.0. The Morgan fingerprint density at radius 2 is 2.03 bits per heavy atom. The van der Waals surface area contributed by atoms with Crippen molar-refractivity contribution in [2.75, 3.05) is 13.2 Å². The highest BCUT2D eigenvalue weighted by Crippen LogP contribution is 2.38. The molecule has 0 spiro atoms. The van der Waals surface area contributed by atoms with Crippen LogP contribution in [0, 0.1) is 0 Å². The first-order chi connectivity index (χ1) is 15.7. The zero-order valence-electron chi connectivity index (χ0n) is 18.9. The zero-order chi connectivity index (χ0) is 23.6. The number of hydroxylamine groups is 2. The van der Waals surface area contributed by atoms with Crippen molar-refractivity contribution in [3.8, 4) is 0 Å². The normalized spacial score (nSPS) is 21.3. The lowest BCUT2D eigenvalue weighted by molar-refractivity contribution is -0.140. The molecule has 0 saturated carbocycles. The number of aliphatic hydroxyl groups is 1. The molecule has 0 radical (unpaired) electrons. The van der Waals surface area contributed by atoms with E-state index < -0.39 is 30.4 Å². The number of nitrogens with zero attached hydrogens (tertiary/aromatic N) is 4. The van der Waals surface area contributed by atoms with Crippen LogP contribution in [0.1, 0.15) is 63.0 Å². The van der Waals surface area contributed by atoms with Gasteiger partial charge in [0.05, 0.1) is 12.6 Å². The Hall–Kier alpha value is -3.18. The molecule has 3 heterocycles. The zero-order valence-corrected chi connectivity index (χ0v) is 18.9. The van der Waals surface area contributed by atoms with Crippen molar-refractivity contribution < 1.29 is 28.7 Å². The van der Waals surface area contributed by atoms with E-state index in [0.29, 0.717) is 19.6 Å². The third-order valence-corrected chi connectivity index (χ3v) is 5.45. The summed E-state index contributed by atoms with van der Waals surface area (Å²) in [5.74, 6) is 0.301. The number of hydrogen-bond donors (Lipinski definition) is 2. The fourth-order valence-electron chi connectivity index (χ4n) is 3.93. The lowest BCUT2D eigenvalue weighted by Crippen LogP contribution is -2.36. The number of aliphatic hydroxyl groups excluding tert-OH is 1. The summed E-state index contributed by atoms with van der Waals surface area (Å²) >= 11 is 0. The number of piperidine rings is 1. The summed E-state index contributed by atoms with van der Waals surface area (Å²) in [4.78, 5) is 32.5. The van der Waals surface area contributed by atoms with Gasteiger partial charge in [0.25, 0.3) is 0 Å². The summed E-state index contributed by atoms with van der Waals surface area (Å²) in [6.45, 7) is 5.57. The Bertz CT molecular complexity index is 975. The number of carbonyl (C=O) groups excluding carboxylic acids is 2. The summed E-state index contributed by atoms with van der Waals surface area (Å²) in [7, 11) is 0. The maximum atomic E-state index is 13.0. The standard InChI is InChI=1S/C22H29N5O6/c1-22(2,3)33-20(29)23-16(12-28)18-24-25-19(32-18)17-10-9-15-11-26(17)21(30)27(15)31-13-14-7-5-4-6-8-14/h4-8,15-17,28H,9-13H2,1-3H3,(H,23,29)/t15?,16?,17-/m0/s1. The van der Waals surface area contributed by atoms with E-state index in [2.05, 4.69) is 15.5 Å². The summed E-state index contributed by atoms with van der Waals surface area (Å²) in [5, 5.41) is 21.7. The number of aromatic nitrogens is 2. The minimum atomic E-state index is -0.919. The Balaban J connectivity index is 1.40. The third kappa shape index (κ3) is 5.25. The van der Waals surface area contributed by atoms with E-state index in [9.17, 15) is 14.7 Å². The molecule has 2 fully saturated rings. The Labute approximate surface area is 191 Å². The van der Waals surface area contributed by atoms with Gasteiger partial charge in [0.1, 0.15) is 24.3 Å². The van der Waals surface area contributed by atoms with Crippen LogP contribution in [0.15, 0.2) is 34.7 Å². The van der Waals surface area contributed by atoms with Gasteiger partial charge in [-0.1, -0.05) is 30.3 Å². The SMILES string of the molecule is CC(C)(C)OC(=O)NC(CO)c1nnc([C@@H]2CCC3CN2C(=O)N3OCc2ccccc2)o1. The van der Waals surface area contributed by atoms with Gasteiger partial charge >= 0.3 is 12.1 Å². The molecular weight excluding hydrogens is 430 g/mol. The number of rotatable bonds is 7. The number of ether oxygens (including phenoxy) is 1. The second-order valence-corrected chi connectivity index (χ2v) is 9.13. The van der Waals surface area contributed by atoms with E-state index in [1.807, 2.05) is 30.3 Å². The van der Waals surface area contributed by atoms with Gasteiger partial charge in [0.2, 0.25) is 11.8 Å². The molecule has 2 aromatic rings. The van der Waals surface area contributed by atoms with Crippen molar-refractivity contribution in [2.45, 2.75) is 63.9 Å². The Kier molecular flexibility index (Phi) is 6.52. The van der Waals surface area contributed by atoms with Crippen molar-refractivity contribution in [3.05, 3.63) is 47.7 Å². The van der Waals surface area contributed by atoms with Crippen molar-refractivity contribution in [3.63, 3.8) is 0 Å². The minimum Gasteiger partial charge on any atom is -0.444 e. The van der Waals surface area contributed by atoms with Crippen LogP contribution in [0.2, 0.25) is 0 Å². The second kappa shape index (κ2) is 9.36. The smallest absolute Gasteiger partial charge is 0.408 e. The van der Waals surface area contributed by atoms with E-state index >= 15 is 0 Å². The van der Waals surface area contributed by atoms with Crippen LogP contribution in [0.4, 0.5) is 9.59 Å². The first kappa shape index (κ1) is 23.0. The number of amides is 3. The molecule has 178 valence electrons. The lowest BCUT2D eigenvalue weighted by atomic mass is 10.0. The van der Waals surface area contributed by atoms with E-state index in [4.69, 9.17) is 14.0 Å². The summed E-state index contributed by atoms with van der Waals surface area (Å²) < 4.78 is 11.0. The maximum absolute atomic E-state index is 13.0. The quantitative estimate of drug-likeness (QED) is 0.646. The van der Waals surface area contributed by atoms with Gasteiger partial charge in [-0.05, 0) is 39.2 Å². The van der Waals surface area contributed by atoms with Gasteiger partial charge in [-0.25, -0.2) is 9.59 Å². The van der Waals surface area contributed by atoms with Crippen LogP contribution in [-0.4, -0.2) is 62.2 Å². The molecule has 3 atom stereocenters. The topological polar surface area (TPSA) is 130 Å². The predicted octanol–water partition coefficient (Wildman–Crippen LogP) is 2.70. The number of nitrogens with one attached hydrogen (secondary N) is 1. The van der Waals surface area contributed by atoms with Crippen LogP contribution in [0.5, 0.6) is 0 Å². The largest absolute Gasteiger partial charge is 0.444 e. The Morgan fingerprint density at radius 3 is 2.73 bits per heavy atom. The minimum absolute atomic E-state index is 0.0427. The number of benzene rings is 1. The van der Waals surface area contributed by atoms with Crippen LogP contribution >= 0.6 is 0 Å². The molecule has 11 nitrogen and oxygen atoms in total. The molecule has 2 aliphatic heterocycles. The van der Waals surface area contributed by atoms with Crippen LogP contribution < -0.4 is 5.32 Å². The molecule has 1 aromatic carbocycles. The molecule has 2 aliphatic rings. The summed E-state index contributed by atoms with van der Waals surface area (Å²) in [6.07, 6.45) is 0.647. The highest BCUT2D eigenvalue weighted by molar-refractivity contribution is 5.77. The van der Waals surface area contributed by atoms with Crippen molar-refractivity contribution in [2.24, 2.45) is 0 Å². The second-order valence-electron chi connectivity index (χ2n) is 9.13. The molecule has 0 aliphatic carbocycles. The highest BCUT2D eigenvalue weighted by Gasteiger charge is 2.47. The number of fused-ring (bicyclic) bond motifs is 2. The van der Waals surface area contributed by atoms with Gasteiger partial charge < -0.3 is 24.5 Å². The number of hydrogen-bond acceptors (Lipinski definition) is 8. The molecule has 2 bridgehead atoms. The van der Waals surface area contributed by atoms with E-state index in [-0.39, 0.29) is 23.9 Å². The molecule has 2 N–H and O–H groups in total. The van der Waals surface area contributed by atoms with Gasteiger partial charge in [-0.2, -0.15) is 5.06 Å². The van der Waals surface area contributed by atoms with Crippen molar-refractivity contribution in [1.29, 1.82) is 0 Å². The molecule has 11 heteroatoms. The fourth-order valence-corrected chi connectivity index (χ4v) is 3.93. The number of carbonyl (C=O) groups is 2. The average Bonchev–Trinajstić information content (AvgIpc) is 3.35. The van der Waals surface area contributed by atoms with Gasteiger partial charge in [0.15, 0.2) is 0 Å².